The number of carbonyl (C=O) groups is 1. The minimum absolute atomic E-state index is 0.0907. The van der Waals surface area contributed by atoms with E-state index >= 15 is 0 Å². The summed E-state index contributed by atoms with van der Waals surface area (Å²) >= 11 is 0. The van der Waals surface area contributed by atoms with Crippen molar-refractivity contribution in [2.24, 2.45) is 0 Å². The van der Waals surface area contributed by atoms with Crippen LogP contribution in [-0.2, 0) is 24.3 Å². The standard InChI is InChI=1S/C35H34FN3O5S/c36-30-12-6-26(7-13-30)24-32(29-10-8-28(9-11-29)27-4-2-1-3-5-27)35(40)37-33-25-31(45(41,42)39-18-22-44-23-19-39)14-15-34(33)38-16-20-43-21-17-38/h1-15,24-25H,16-23H2,(H,37,40). The number of nitrogens with zero attached hydrogens (tertiary/aromatic N) is 2. The Morgan fingerprint density at radius 1 is 0.756 bits per heavy atom. The summed E-state index contributed by atoms with van der Waals surface area (Å²) in [6, 6.07) is 28.3. The molecule has 0 unspecified atom stereocenters. The van der Waals surface area contributed by atoms with Crippen LogP contribution in [0.5, 0.6) is 0 Å². The second kappa shape index (κ2) is 13.7. The van der Waals surface area contributed by atoms with Crippen LogP contribution in [0.1, 0.15) is 11.1 Å². The van der Waals surface area contributed by atoms with Crippen LogP contribution in [0, 0.1) is 5.82 Å². The normalized spacial score (nSPS) is 16.4. The van der Waals surface area contributed by atoms with Crippen LogP contribution < -0.4 is 10.2 Å². The van der Waals surface area contributed by atoms with Gasteiger partial charge in [0.05, 0.1) is 42.7 Å². The third-order valence-corrected chi connectivity index (χ3v) is 9.80. The number of morpholine rings is 2. The zero-order valence-corrected chi connectivity index (χ0v) is 25.5. The molecule has 4 aromatic rings. The molecule has 0 radical (unpaired) electrons. The molecule has 0 saturated carbocycles. The van der Waals surface area contributed by atoms with Crippen LogP contribution in [-0.4, -0.2) is 71.2 Å². The molecule has 0 aliphatic carbocycles. The molecule has 2 saturated heterocycles. The Morgan fingerprint density at radius 2 is 1.38 bits per heavy atom. The van der Waals surface area contributed by atoms with Crippen LogP contribution in [0.3, 0.4) is 0 Å². The number of benzene rings is 4. The molecule has 1 N–H and O–H groups in total. The lowest BCUT2D eigenvalue weighted by atomic mass is 9.98. The van der Waals surface area contributed by atoms with Crippen molar-refractivity contribution < 1.29 is 27.1 Å². The van der Waals surface area contributed by atoms with E-state index in [0.717, 1.165) is 11.1 Å². The number of sulfonamides is 1. The molecule has 4 aromatic carbocycles. The number of amides is 1. The van der Waals surface area contributed by atoms with Gasteiger partial charge in [-0.25, -0.2) is 12.8 Å². The van der Waals surface area contributed by atoms with Crippen molar-refractivity contribution in [1.82, 2.24) is 4.31 Å². The number of hydrogen-bond donors (Lipinski definition) is 1. The SMILES string of the molecule is O=C(Nc1cc(S(=O)(=O)N2CCOCC2)ccc1N1CCOCC1)C(=Cc1ccc(F)cc1)c1ccc(-c2ccccc2)cc1. The van der Waals surface area contributed by atoms with Gasteiger partial charge in [-0.3, -0.25) is 4.79 Å². The topological polar surface area (TPSA) is 88.2 Å². The molecule has 2 heterocycles. The van der Waals surface area contributed by atoms with Crippen LogP contribution in [0.4, 0.5) is 15.8 Å². The summed E-state index contributed by atoms with van der Waals surface area (Å²) in [6.07, 6.45) is 1.70. The van der Waals surface area contributed by atoms with Crippen molar-refractivity contribution >= 4 is 39.0 Å². The lowest BCUT2D eigenvalue weighted by molar-refractivity contribution is -0.111. The molecule has 6 rings (SSSR count). The van der Waals surface area contributed by atoms with E-state index in [9.17, 15) is 17.6 Å². The average molecular weight is 628 g/mol. The Morgan fingerprint density at radius 3 is 2.04 bits per heavy atom. The van der Waals surface area contributed by atoms with E-state index < -0.39 is 15.9 Å². The van der Waals surface area contributed by atoms with E-state index in [1.54, 1.807) is 30.3 Å². The van der Waals surface area contributed by atoms with Crippen molar-refractivity contribution in [2.75, 3.05) is 62.8 Å². The van der Waals surface area contributed by atoms with Gasteiger partial charge in [0.25, 0.3) is 5.91 Å². The molecule has 8 nitrogen and oxygen atoms in total. The summed E-state index contributed by atoms with van der Waals surface area (Å²) in [6.45, 7) is 3.41. The van der Waals surface area contributed by atoms with Gasteiger partial charge < -0.3 is 19.7 Å². The number of anilines is 2. The highest BCUT2D eigenvalue weighted by atomic mass is 32.2. The Bertz CT molecular complexity index is 1770. The minimum atomic E-state index is -3.82. The first-order valence-corrected chi connectivity index (χ1v) is 16.3. The first-order chi connectivity index (χ1) is 21.9. The maximum Gasteiger partial charge on any atom is 0.256 e. The number of hydrogen-bond acceptors (Lipinski definition) is 6. The molecule has 10 heteroatoms. The molecule has 0 atom stereocenters. The van der Waals surface area contributed by atoms with Crippen molar-refractivity contribution in [1.29, 1.82) is 0 Å². The third-order valence-electron chi connectivity index (χ3n) is 7.90. The van der Waals surface area contributed by atoms with Crippen molar-refractivity contribution in [3.63, 3.8) is 0 Å². The fourth-order valence-corrected chi connectivity index (χ4v) is 6.89. The number of nitrogens with one attached hydrogen (secondary N) is 1. The molecular weight excluding hydrogens is 593 g/mol. The van der Waals surface area contributed by atoms with Gasteiger partial charge in [-0.1, -0.05) is 66.7 Å². The first kappa shape index (κ1) is 30.7. The van der Waals surface area contributed by atoms with E-state index in [1.165, 1.54) is 22.5 Å². The summed E-state index contributed by atoms with van der Waals surface area (Å²) in [4.78, 5) is 16.3. The molecule has 232 valence electrons. The molecular formula is C35H34FN3O5S. The highest BCUT2D eigenvalue weighted by Gasteiger charge is 2.28. The summed E-state index contributed by atoms with van der Waals surface area (Å²) in [5.74, 6) is -0.805. The predicted molar refractivity (Wildman–Crippen MR) is 174 cm³/mol. The maximum atomic E-state index is 14.2. The van der Waals surface area contributed by atoms with Gasteiger partial charge in [0.15, 0.2) is 0 Å². The van der Waals surface area contributed by atoms with Crippen molar-refractivity contribution in [3.05, 3.63) is 114 Å². The number of halogens is 1. The summed E-state index contributed by atoms with van der Waals surface area (Å²) in [7, 11) is -3.82. The molecule has 2 aliphatic heterocycles. The lowest BCUT2D eigenvalue weighted by Crippen LogP contribution is -2.40. The fourth-order valence-electron chi connectivity index (χ4n) is 5.46. The van der Waals surface area contributed by atoms with Gasteiger partial charge in [-0.05, 0) is 58.7 Å². The smallest absolute Gasteiger partial charge is 0.256 e. The molecule has 2 aliphatic rings. The monoisotopic (exact) mass is 627 g/mol. The fraction of sp³-hybridized carbons (Fsp3) is 0.229. The van der Waals surface area contributed by atoms with E-state index in [0.29, 0.717) is 67.6 Å². The quantitative estimate of drug-likeness (QED) is 0.204. The number of ether oxygens (including phenoxy) is 2. The van der Waals surface area contributed by atoms with Gasteiger partial charge in [0.1, 0.15) is 5.82 Å². The van der Waals surface area contributed by atoms with Gasteiger partial charge in [0.2, 0.25) is 10.0 Å². The van der Waals surface area contributed by atoms with E-state index in [4.69, 9.17) is 9.47 Å². The molecule has 0 bridgehead atoms. The van der Waals surface area contributed by atoms with E-state index in [1.807, 2.05) is 54.6 Å². The average Bonchev–Trinajstić information content (AvgIpc) is 3.09. The van der Waals surface area contributed by atoms with Crippen LogP contribution >= 0.6 is 0 Å². The third kappa shape index (κ3) is 7.15. The van der Waals surface area contributed by atoms with Gasteiger partial charge in [-0.15, -0.1) is 0 Å². The Kier molecular flexibility index (Phi) is 9.37. The molecule has 0 aromatic heterocycles. The lowest BCUT2D eigenvalue weighted by Gasteiger charge is -2.31. The zero-order valence-electron chi connectivity index (χ0n) is 24.7. The molecule has 1 amide bonds. The van der Waals surface area contributed by atoms with Crippen LogP contribution in [0.15, 0.2) is 102 Å². The van der Waals surface area contributed by atoms with Gasteiger partial charge >= 0.3 is 0 Å². The Hall–Kier alpha value is -4.35. The Balaban J connectivity index is 1.38. The van der Waals surface area contributed by atoms with E-state index in [-0.39, 0.29) is 23.8 Å². The number of rotatable bonds is 8. The highest BCUT2D eigenvalue weighted by Crippen LogP contribution is 2.33. The van der Waals surface area contributed by atoms with Gasteiger partial charge in [-0.2, -0.15) is 4.31 Å². The second-order valence-corrected chi connectivity index (χ2v) is 12.7. The second-order valence-electron chi connectivity index (χ2n) is 10.8. The number of carbonyl (C=O) groups excluding carboxylic acids is 1. The first-order valence-electron chi connectivity index (χ1n) is 14.9. The maximum absolute atomic E-state index is 14.2. The summed E-state index contributed by atoms with van der Waals surface area (Å²) in [5, 5.41) is 3.03. The van der Waals surface area contributed by atoms with Gasteiger partial charge in [0, 0.05) is 31.8 Å². The largest absolute Gasteiger partial charge is 0.379 e. The van der Waals surface area contributed by atoms with Crippen molar-refractivity contribution in [2.45, 2.75) is 4.90 Å². The van der Waals surface area contributed by atoms with Crippen molar-refractivity contribution in [3.8, 4) is 11.1 Å². The molecule has 2 fully saturated rings. The van der Waals surface area contributed by atoms with E-state index in [2.05, 4.69) is 10.2 Å². The minimum Gasteiger partial charge on any atom is -0.379 e. The zero-order chi connectivity index (χ0) is 31.2. The Labute approximate surface area is 262 Å². The predicted octanol–water partition coefficient (Wildman–Crippen LogP) is 5.53. The summed E-state index contributed by atoms with van der Waals surface area (Å²) in [5.41, 5.74) is 4.76. The molecule has 0 spiro atoms. The van der Waals surface area contributed by atoms with Crippen LogP contribution in [0.2, 0.25) is 0 Å². The highest BCUT2D eigenvalue weighted by molar-refractivity contribution is 7.89. The molecule has 45 heavy (non-hydrogen) atoms. The summed E-state index contributed by atoms with van der Waals surface area (Å²) < 4.78 is 53.1. The van der Waals surface area contributed by atoms with Crippen LogP contribution in [0.25, 0.3) is 22.8 Å².